The fourth-order valence-electron chi connectivity index (χ4n) is 5.22. The summed E-state index contributed by atoms with van der Waals surface area (Å²) in [5, 5.41) is 15.2. The van der Waals surface area contributed by atoms with Crippen molar-refractivity contribution in [1.82, 2.24) is 0 Å². The number of carbonyl (C=O) groups excluding carboxylic acids is 1. The van der Waals surface area contributed by atoms with E-state index in [4.69, 9.17) is 9.41 Å². The molecule has 2 aromatic heterocycles. The molecular formula is C32H33N3O4S. The first-order valence-corrected chi connectivity index (χ1v) is 14.2. The normalized spacial score (nSPS) is 15.3. The molecule has 1 amide bonds. The van der Waals surface area contributed by atoms with Crippen molar-refractivity contribution in [2.45, 2.75) is 53.9 Å². The van der Waals surface area contributed by atoms with E-state index in [0.717, 1.165) is 36.1 Å². The highest BCUT2D eigenvalue weighted by atomic mass is 32.1. The van der Waals surface area contributed by atoms with Gasteiger partial charge in [-0.3, -0.25) is 14.9 Å². The van der Waals surface area contributed by atoms with Gasteiger partial charge in [0.1, 0.15) is 16.5 Å². The van der Waals surface area contributed by atoms with Crippen molar-refractivity contribution in [2.75, 3.05) is 5.32 Å². The summed E-state index contributed by atoms with van der Waals surface area (Å²) < 4.78 is 6.01. The lowest BCUT2D eigenvalue weighted by atomic mass is 9.72. The first-order chi connectivity index (χ1) is 19.0. The molecule has 2 aromatic carbocycles. The number of aryl methyl sites for hydroxylation is 1. The van der Waals surface area contributed by atoms with Crippen molar-refractivity contribution in [3.8, 4) is 11.3 Å². The Morgan fingerprint density at radius 3 is 2.60 bits per heavy atom. The number of nitrogens with zero attached hydrogens (tertiary/aromatic N) is 2. The molecule has 40 heavy (non-hydrogen) atoms. The van der Waals surface area contributed by atoms with E-state index in [0.29, 0.717) is 39.1 Å². The molecule has 0 radical (unpaired) electrons. The highest BCUT2D eigenvalue weighted by molar-refractivity contribution is 7.16. The maximum atomic E-state index is 13.5. The van der Waals surface area contributed by atoms with Gasteiger partial charge in [0.05, 0.1) is 16.7 Å². The number of rotatable bonds is 6. The molecule has 1 aliphatic rings. The van der Waals surface area contributed by atoms with Crippen LogP contribution in [0.5, 0.6) is 0 Å². The second kappa shape index (κ2) is 10.8. The molecule has 1 atom stereocenters. The minimum atomic E-state index is -0.373. The maximum absolute atomic E-state index is 13.5. The number of amides is 1. The summed E-state index contributed by atoms with van der Waals surface area (Å²) in [6.07, 6.45) is 4.43. The molecule has 0 fully saturated rings. The van der Waals surface area contributed by atoms with Gasteiger partial charge in [-0.25, -0.2) is 4.99 Å². The minimum Gasteiger partial charge on any atom is -0.455 e. The van der Waals surface area contributed by atoms with Crippen LogP contribution in [0.3, 0.4) is 0 Å². The average molecular weight is 556 g/mol. The van der Waals surface area contributed by atoms with Crippen LogP contribution in [0.4, 0.5) is 16.4 Å². The number of fused-ring (bicyclic) bond motifs is 1. The van der Waals surface area contributed by atoms with Gasteiger partial charge in [0.25, 0.3) is 11.6 Å². The van der Waals surface area contributed by atoms with E-state index in [1.165, 1.54) is 10.9 Å². The molecule has 0 aliphatic heterocycles. The number of carbonyl (C=O) groups is 1. The molecule has 1 aliphatic carbocycles. The summed E-state index contributed by atoms with van der Waals surface area (Å²) in [6.45, 7) is 10.4. The summed E-state index contributed by atoms with van der Waals surface area (Å²) >= 11 is 1.58. The Balaban J connectivity index is 1.47. The van der Waals surface area contributed by atoms with Gasteiger partial charge in [0.15, 0.2) is 0 Å². The third-order valence-corrected chi connectivity index (χ3v) is 8.95. The van der Waals surface area contributed by atoms with Crippen molar-refractivity contribution in [3.63, 3.8) is 0 Å². The zero-order valence-corrected chi connectivity index (χ0v) is 24.2. The SMILES string of the molecule is Cc1cc(-c2ccc(C=Nc3sc4c(c3C(=O)Nc3ccccc3)CC[C@H](C(C)(C)C)C4)o2)cc([N+](=O)[O-])c1C. The van der Waals surface area contributed by atoms with Crippen LogP contribution in [0, 0.1) is 35.3 Å². The number of nitrogens with one attached hydrogen (secondary N) is 1. The summed E-state index contributed by atoms with van der Waals surface area (Å²) in [5.41, 5.74) is 4.81. The third kappa shape index (κ3) is 5.63. The van der Waals surface area contributed by atoms with Crippen molar-refractivity contribution in [1.29, 1.82) is 0 Å². The lowest BCUT2D eigenvalue weighted by Gasteiger charge is -2.33. The molecule has 7 nitrogen and oxygen atoms in total. The molecule has 5 rings (SSSR count). The van der Waals surface area contributed by atoms with Gasteiger partial charge >= 0.3 is 0 Å². The van der Waals surface area contributed by atoms with Crippen molar-refractivity contribution >= 4 is 39.8 Å². The Morgan fingerprint density at radius 1 is 1.15 bits per heavy atom. The summed E-state index contributed by atoms with van der Waals surface area (Å²) in [5.74, 6) is 1.40. The number of benzene rings is 2. The maximum Gasteiger partial charge on any atom is 0.273 e. The van der Waals surface area contributed by atoms with E-state index >= 15 is 0 Å². The smallest absolute Gasteiger partial charge is 0.273 e. The van der Waals surface area contributed by atoms with E-state index < -0.39 is 0 Å². The van der Waals surface area contributed by atoms with E-state index in [2.05, 4.69) is 26.1 Å². The topological polar surface area (TPSA) is 97.7 Å². The summed E-state index contributed by atoms with van der Waals surface area (Å²) in [6, 6.07) is 16.4. The lowest BCUT2D eigenvalue weighted by Crippen LogP contribution is -2.27. The Hall–Kier alpha value is -4.04. The van der Waals surface area contributed by atoms with E-state index in [9.17, 15) is 14.9 Å². The zero-order valence-electron chi connectivity index (χ0n) is 23.4. The van der Waals surface area contributed by atoms with E-state index in [-0.39, 0.29) is 21.9 Å². The van der Waals surface area contributed by atoms with Crippen LogP contribution in [0.1, 0.15) is 64.9 Å². The van der Waals surface area contributed by atoms with Gasteiger partial charge in [-0.15, -0.1) is 11.3 Å². The van der Waals surface area contributed by atoms with Crippen LogP contribution >= 0.6 is 11.3 Å². The zero-order chi connectivity index (χ0) is 28.6. The fraction of sp³-hybridized carbons (Fsp3) is 0.312. The number of nitro benzene ring substituents is 1. The van der Waals surface area contributed by atoms with Gasteiger partial charge < -0.3 is 9.73 Å². The minimum absolute atomic E-state index is 0.0633. The van der Waals surface area contributed by atoms with Gasteiger partial charge in [0, 0.05) is 27.8 Å². The molecule has 1 N–H and O–H groups in total. The number of furan rings is 1. The van der Waals surface area contributed by atoms with Crippen molar-refractivity contribution in [2.24, 2.45) is 16.3 Å². The number of hydrogen-bond acceptors (Lipinski definition) is 6. The Labute approximate surface area is 238 Å². The predicted octanol–water partition coefficient (Wildman–Crippen LogP) is 8.69. The largest absolute Gasteiger partial charge is 0.455 e. The number of aliphatic imine (C=N–C) groups is 1. The molecule has 0 spiro atoms. The number of nitro groups is 1. The highest BCUT2D eigenvalue weighted by Crippen LogP contribution is 2.45. The van der Waals surface area contributed by atoms with Crippen LogP contribution in [0.2, 0.25) is 0 Å². The highest BCUT2D eigenvalue weighted by Gasteiger charge is 2.33. The van der Waals surface area contributed by atoms with Gasteiger partial charge in [0.2, 0.25) is 0 Å². The molecule has 0 bridgehead atoms. The Kier molecular flexibility index (Phi) is 7.47. The van der Waals surface area contributed by atoms with E-state index in [1.807, 2.05) is 43.3 Å². The number of thiophene rings is 1. The molecule has 8 heteroatoms. The molecular weight excluding hydrogens is 522 g/mol. The summed E-state index contributed by atoms with van der Waals surface area (Å²) in [4.78, 5) is 30.6. The second-order valence-electron chi connectivity index (χ2n) is 11.5. The monoisotopic (exact) mass is 555 g/mol. The van der Waals surface area contributed by atoms with Crippen molar-refractivity contribution < 1.29 is 14.1 Å². The van der Waals surface area contributed by atoms with Gasteiger partial charge in [-0.1, -0.05) is 39.0 Å². The molecule has 0 saturated carbocycles. The lowest BCUT2D eigenvalue weighted by molar-refractivity contribution is -0.385. The van der Waals surface area contributed by atoms with Crippen LogP contribution in [0.15, 0.2) is 64.0 Å². The number of hydrogen-bond donors (Lipinski definition) is 1. The Morgan fingerprint density at radius 2 is 1.90 bits per heavy atom. The van der Waals surface area contributed by atoms with Gasteiger partial charge in [-0.05, 0) is 85.9 Å². The number of anilines is 1. The van der Waals surface area contributed by atoms with Crippen LogP contribution < -0.4 is 5.32 Å². The third-order valence-electron chi connectivity index (χ3n) is 7.79. The average Bonchev–Trinajstić information content (AvgIpc) is 3.53. The quantitative estimate of drug-likeness (QED) is 0.146. The van der Waals surface area contributed by atoms with Crippen LogP contribution in [-0.4, -0.2) is 17.0 Å². The molecule has 4 aromatic rings. The first-order valence-electron chi connectivity index (χ1n) is 13.4. The molecule has 2 heterocycles. The Bertz CT molecular complexity index is 1610. The number of para-hydroxylation sites is 1. The molecule has 0 saturated heterocycles. The van der Waals surface area contributed by atoms with Crippen molar-refractivity contribution in [3.05, 3.63) is 97.6 Å². The molecule has 0 unspecified atom stereocenters. The van der Waals surface area contributed by atoms with Gasteiger partial charge in [-0.2, -0.15) is 0 Å². The fourth-order valence-corrected chi connectivity index (χ4v) is 6.49. The standard InChI is InChI=1S/C32H33N3O4S/c1-19-15-21(16-26(20(19)2)35(37)38)27-14-12-24(39-27)18-33-31-29(30(36)34-23-9-7-6-8-10-23)25-13-11-22(32(3,4)5)17-28(25)40-31/h6-10,12,14-16,18,22H,11,13,17H2,1-5H3,(H,34,36)/t22-/m0/s1. The van der Waals surface area contributed by atoms with Crippen LogP contribution in [0.25, 0.3) is 11.3 Å². The van der Waals surface area contributed by atoms with E-state index in [1.54, 1.807) is 36.6 Å². The molecule has 206 valence electrons. The predicted molar refractivity (Wildman–Crippen MR) is 161 cm³/mol. The van der Waals surface area contributed by atoms with Crippen LogP contribution in [-0.2, 0) is 12.8 Å². The summed E-state index contributed by atoms with van der Waals surface area (Å²) in [7, 11) is 0. The second-order valence-corrected chi connectivity index (χ2v) is 12.5. The first kappa shape index (κ1) is 27.5.